The molecule has 2 aromatic rings. The van der Waals surface area contributed by atoms with Gasteiger partial charge < -0.3 is 0 Å². The maximum Gasteiger partial charge on any atom is 0.206 e. The van der Waals surface area contributed by atoms with Crippen LogP contribution in [0.1, 0.15) is 20.8 Å². The number of aryl methyl sites for hydroxylation is 1. The second-order valence-electron chi connectivity index (χ2n) is 3.64. The van der Waals surface area contributed by atoms with E-state index in [0.29, 0.717) is 9.35 Å². The van der Waals surface area contributed by atoms with Gasteiger partial charge in [0.1, 0.15) is 11.6 Å². The van der Waals surface area contributed by atoms with Crippen molar-refractivity contribution in [3.63, 3.8) is 0 Å². The Hall–Kier alpha value is -0.590. The van der Waals surface area contributed by atoms with E-state index in [1.165, 1.54) is 18.3 Å². The molecule has 1 aromatic carbocycles. The minimum Gasteiger partial charge on any atom is -0.288 e. The van der Waals surface area contributed by atoms with Crippen molar-refractivity contribution in [2.45, 2.75) is 6.92 Å². The smallest absolute Gasteiger partial charge is 0.206 e. The molecule has 0 aliphatic heterocycles. The third-order valence-electron chi connectivity index (χ3n) is 2.36. The number of halogens is 4. The largest absolute Gasteiger partial charge is 0.288 e. The van der Waals surface area contributed by atoms with Crippen LogP contribution in [0.15, 0.2) is 26.5 Å². The predicted molar refractivity (Wildman–Crippen MR) is 74.2 cm³/mol. The van der Waals surface area contributed by atoms with E-state index in [2.05, 4.69) is 31.9 Å². The number of carbonyl (C=O) groups is 1. The number of hydrogen-bond acceptors (Lipinski definition) is 2. The Labute approximate surface area is 123 Å². The summed E-state index contributed by atoms with van der Waals surface area (Å²) in [5.74, 6) is -1.82. The van der Waals surface area contributed by atoms with Gasteiger partial charge in [-0.05, 0) is 62.5 Å². The molecule has 1 heterocycles. The SMILES string of the molecule is Cc1cc(F)c(C(=O)c2cc(Br)c(Br)s2)cc1F. The number of benzene rings is 1. The van der Waals surface area contributed by atoms with Crippen molar-refractivity contribution in [2.24, 2.45) is 0 Å². The van der Waals surface area contributed by atoms with Crippen LogP contribution >= 0.6 is 43.2 Å². The number of hydrogen-bond donors (Lipinski definition) is 0. The highest BCUT2D eigenvalue weighted by atomic mass is 79.9. The van der Waals surface area contributed by atoms with Gasteiger partial charge in [-0.1, -0.05) is 0 Å². The molecule has 0 radical (unpaired) electrons. The Morgan fingerprint density at radius 3 is 2.39 bits per heavy atom. The topological polar surface area (TPSA) is 17.1 Å². The first kappa shape index (κ1) is 13.8. The van der Waals surface area contributed by atoms with Crippen LogP contribution in [0.4, 0.5) is 8.78 Å². The second-order valence-corrected chi connectivity index (χ2v) is 6.87. The van der Waals surface area contributed by atoms with Crippen LogP contribution in [-0.2, 0) is 0 Å². The first-order valence-electron chi connectivity index (χ1n) is 4.85. The average Bonchev–Trinajstić information content (AvgIpc) is 2.63. The zero-order valence-corrected chi connectivity index (χ0v) is 13.0. The molecule has 6 heteroatoms. The first-order chi connectivity index (χ1) is 8.40. The van der Waals surface area contributed by atoms with Crippen molar-refractivity contribution < 1.29 is 13.6 Å². The van der Waals surface area contributed by atoms with E-state index in [1.807, 2.05) is 0 Å². The van der Waals surface area contributed by atoms with Crippen molar-refractivity contribution in [3.05, 3.63) is 54.1 Å². The number of ketones is 1. The van der Waals surface area contributed by atoms with Gasteiger partial charge in [-0.3, -0.25) is 4.79 Å². The minimum atomic E-state index is -0.709. The Balaban J connectivity index is 2.49. The third kappa shape index (κ3) is 2.55. The van der Waals surface area contributed by atoms with Gasteiger partial charge in [-0.25, -0.2) is 8.78 Å². The zero-order chi connectivity index (χ0) is 13.4. The maximum atomic E-state index is 13.7. The highest BCUT2D eigenvalue weighted by molar-refractivity contribution is 9.13. The van der Waals surface area contributed by atoms with Gasteiger partial charge >= 0.3 is 0 Å². The molecule has 1 aromatic heterocycles. The normalized spacial score (nSPS) is 10.7. The lowest BCUT2D eigenvalue weighted by Gasteiger charge is -2.03. The number of rotatable bonds is 2. The lowest BCUT2D eigenvalue weighted by atomic mass is 10.1. The molecule has 0 saturated heterocycles. The summed E-state index contributed by atoms with van der Waals surface area (Å²) in [5, 5.41) is 0. The molecule has 0 aliphatic carbocycles. The van der Waals surface area contributed by atoms with Gasteiger partial charge in [0.25, 0.3) is 0 Å². The predicted octanol–water partition coefficient (Wildman–Crippen LogP) is 5.09. The highest BCUT2D eigenvalue weighted by Crippen LogP contribution is 2.34. The fourth-order valence-electron chi connectivity index (χ4n) is 1.41. The van der Waals surface area contributed by atoms with Crippen molar-refractivity contribution in [1.29, 1.82) is 0 Å². The summed E-state index contributed by atoms with van der Waals surface area (Å²) in [6.45, 7) is 1.45. The summed E-state index contributed by atoms with van der Waals surface area (Å²) in [4.78, 5) is 12.4. The maximum absolute atomic E-state index is 13.7. The van der Waals surface area contributed by atoms with E-state index in [4.69, 9.17) is 0 Å². The Bertz CT molecular complexity index is 618. The fourth-order valence-corrected chi connectivity index (χ4v) is 3.40. The lowest BCUT2D eigenvalue weighted by molar-refractivity contribution is 0.103. The fraction of sp³-hybridized carbons (Fsp3) is 0.0833. The quantitative estimate of drug-likeness (QED) is 0.647. The van der Waals surface area contributed by atoms with Crippen LogP contribution in [-0.4, -0.2) is 5.78 Å². The standard InChI is InChI=1S/C12H6Br2F2OS/c1-5-2-9(16)6(3-8(5)15)11(17)10-4-7(13)12(14)18-10/h2-4H,1H3. The van der Waals surface area contributed by atoms with Crippen LogP contribution in [0.3, 0.4) is 0 Å². The van der Waals surface area contributed by atoms with Crippen molar-refractivity contribution in [2.75, 3.05) is 0 Å². The van der Waals surface area contributed by atoms with Crippen molar-refractivity contribution in [3.8, 4) is 0 Å². The van der Waals surface area contributed by atoms with Crippen LogP contribution in [0.25, 0.3) is 0 Å². The monoisotopic (exact) mass is 394 g/mol. The number of thiophene rings is 1. The van der Waals surface area contributed by atoms with E-state index < -0.39 is 17.4 Å². The average molecular weight is 396 g/mol. The van der Waals surface area contributed by atoms with Crippen LogP contribution in [0, 0.1) is 18.6 Å². The lowest BCUT2D eigenvalue weighted by Crippen LogP contribution is -2.04. The van der Waals surface area contributed by atoms with Gasteiger partial charge in [0.15, 0.2) is 0 Å². The van der Waals surface area contributed by atoms with Crippen LogP contribution < -0.4 is 0 Å². The third-order valence-corrected chi connectivity index (χ3v) is 5.62. The summed E-state index contributed by atoms with van der Waals surface area (Å²) >= 11 is 7.67. The van der Waals surface area contributed by atoms with Gasteiger partial charge in [-0.15, -0.1) is 11.3 Å². The van der Waals surface area contributed by atoms with E-state index in [-0.39, 0.29) is 11.1 Å². The molecule has 0 bridgehead atoms. The van der Waals surface area contributed by atoms with E-state index in [1.54, 1.807) is 6.07 Å². The first-order valence-corrected chi connectivity index (χ1v) is 7.25. The molecule has 0 N–H and O–H groups in total. The highest BCUT2D eigenvalue weighted by Gasteiger charge is 2.19. The Morgan fingerprint density at radius 2 is 1.83 bits per heavy atom. The van der Waals surface area contributed by atoms with Gasteiger partial charge in [-0.2, -0.15) is 0 Å². The molecule has 2 rings (SSSR count). The Kier molecular flexibility index (Phi) is 3.99. The van der Waals surface area contributed by atoms with E-state index in [0.717, 1.165) is 15.9 Å². The van der Waals surface area contributed by atoms with Crippen molar-refractivity contribution in [1.82, 2.24) is 0 Å². The molecule has 0 fully saturated rings. The van der Waals surface area contributed by atoms with Crippen molar-refractivity contribution >= 4 is 49.0 Å². The molecule has 0 atom stereocenters. The van der Waals surface area contributed by atoms with E-state index in [9.17, 15) is 13.6 Å². The number of carbonyl (C=O) groups excluding carboxylic acids is 1. The summed E-state index contributed by atoms with van der Waals surface area (Å²) in [6, 6.07) is 3.54. The molecule has 18 heavy (non-hydrogen) atoms. The molecule has 0 saturated carbocycles. The summed E-state index contributed by atoms with van der Waals surface area (Å²) in [7, 11) is 0. The summed E-state index contributed by atoms with van der Waals surface area (Å²) in [5.41, 5.74) is -0.0723. The molecule has 0 amide bonds. The Morgan fingerprint density at radius 1 is 1.17 bits per heavy atom. The van der Waals surface area contributed by atoms with Crippen LogP contribution in [0.2, 0.25) is 0 Å². The van der Waals surface area contributed by atoms with Gasteiger partial charge in [0, 0.05) is 4.47 Å². The molecule has 94 valence electrons. The summed E-state index contributed by atoms with van der Waals surface area (Å²) in [6.07, 6.45) is 0. The van der Waals surface area contributed by atoms with E-state index >= 15 is 0 Å². The molecular formula is C12H6Br2F2OS. The molecule has 0 spiro atoms. The summed E-state index contributed by atoms with van der Waals surface area (Å²) < 4.78 is 28.5. The van der Waals surface area contributed by atoms with Gasteiger partial charge in [0.2, 0.25) is 5.78 Å². The molecule has 0 unspecified atom stereocenters. The molecular weight excluding hydrogens is 390 g/mol. The van der Waals surface area contributed by atoms with Crippen LogP contribution in [0.5, 0.6) is 0 Å². The zero-order valence-electron chi connectivity index (χ0n) is 9.06. The molecule has 0 aliphatic rings. The molecule has 1 nitrogen and oxygen atoms in total. The second kappa shape index (κ2) is 5.19. The minimum absolute atomic E-state index is 0.178. The van der Waals surface area contributed by atoms with Gasteiger partial charge in [0.05, 0.1) is 14.2 Å².